The average Bonchev–Trinajstić information content (AvgIpc) is 2.34. The van der Waals surface area contributed by atoms with Gasteiger partial charge in [0, 0.05) is 5.92 Å². The fraction of sp³-hybridized carbons (Fsp3) is 0.333. The molecule has 0 aromatic heterocycles. The minimum Gasteiger partial charge on any atom is -0.506 e. The Kier molecular flexibility index (Phi) is 7.18. The summed E-state index contributed by atoms with van der Waals surface area (Å²) in [6.07, 6.45) is 10.1. The Morgan fingerprint density at radius 2 is 2.06 bits per heavy atom. The minimum absolute atomic E-state index is 0.133. The van der Waals surface area contributed by atoms with Gasteiger partial charge in [-0.05, 0) is 24.1 Å². The average molecular weight is 251 g/mol. The highest BCUT2D eigenvalue weighted by molar-refractivity contribution is 6.32. The van der Waals surface area contributed by atoms with Gasteiger partial charge < -0.3 is 5.11 Å². The molecule has 0 heterocycles. The van der Waals surface area contributed by atoms with Gasteiger partial charge in [0.15, 0.2) is 0 Å². The van der Waals surface area contributed by atoms with Crippen LogP contribution in [0.5, 0.6) is 5.75 Å². The van der Waals surface area contributed by atoms with Crippen LogP contribution in [0.4, 0.5) is 0 Å². The number of rotatable bonds is 4. The predicted octanol–water partition coefficient (Wildman–Crippen LogP) is 4.75. The van der Waals surface area contributed by atoms with E-state index in [1.54, 1.807) is 6.07 Å². The summed E-state index contributed by atoms with van der Waals surface area (Å²) >= 11 is 5.86. The van der Waals surface area contributed by atoms with Crippen molar-refractivity contribution in [3.05, 3.63) is 40.9 Å². The van der Waals surface area contributed by atoms with Gasteiger partial charge in [-0.2, -0.15) is 0 Å². The molecule has 0 bridgehead atoms. The summed E-state index contributed by atoms with van der Waals surface area (Å²) in [6.45, 7) is 8.32. The van der Waals surface area contributed by atoms with Crippen LogP contribution in [0.15, 0.2) is 30.4 Å². The maximum Gasteiger partial charge on any atom is 0.134 e. The van der Waals surface area contributed by atoms with Gasteiger partial charge in [0.2, 0.25) is 0 Å². The molecule has 92 valence electrons. The third kappa shape index (κ3) is 4.54. The Balaban J connectivity index is 0.00000121. The molecule has 17 heavy (non-hydrogen) atoms. The van der Waals surface area contributed by atoms with E-state index in [1.165, 1.54) is 5.57 Å². The number of phenols is 1. The minimum atomic E-state index is 0.133. The Morgan fingerprint density at radius 3 is 2.53 bits per heavy atom. The van der Waals surface area contributed by atoms with Crippen molar-refractivity contribution < 1.29 is 5.11 Å². The Hall–Kier alpha value is -1.39. The van der Waals surface area contributed by atoms with Crippen LogP contribution in [0.25, 0.3) is 0 Å². The predicted molar refractivity (Wildman–Crippen MR) is 75.5 cm³/mol. The summed E-state index contributed by atoms with van der Waals surface area (Å²) in [6, 6.07) is 5.34. The first-order chi connectivity index (χ1) is 8.06. The van der Waals surface area contributed by atoms with Crippen molar-refractivity contribution in [1.82, 2.24) is 0 Å². The Labute approximate surface area is 109 Å². The molecule has 0 aliphatic rings. The molecule has 0 saturated carbocycles. The standard InChI is InChI=1S/C13H17ClO.C2H2/c1-4-5-9(2)10(3)11-6-7-13(15)12(14)8-11;1-2/h6-8,10,15H,2,4-5H2,1,3H3;1-2H. The molecule has 0 amide bonds. The molecular weight excluding hydrogens is 232 g/mol. The van der Waals surface area contributed by atoms with Crippen LogP contribution >= 0.6 is 11.6 Å². The van der Waals surface area contributed by atoms with E-state index in [0.717, 1.165) is 18.4 Å². The summed E-state index contributed by atoms with van der Waals surface area (Å²) < 4.78 is 0. The van der Waals surface area contributed by atoms with Gasteiger partial charge >= 0.3 is 0 Å². The van der Waals surface area contributed by atoms with Gasteiger partial charge in [-0.25, -0.2) is 0 Å². The molecule has 0 aliphatic heterocycles. The van der Waals surface area contributed by atoms with E-state index in [4.69, 9.17) is 11.6 Å². The molecule has 0 aliphatic carbocycles. The summed E-state index contributed by atoms with van der Waals surface area (Å²) in [4.78, 5) is 0. The van der Waals surface area contributed by atoms with E-state index < -0.39 is 0 Å². The van der Waals surface area contributed by atoms with Gasteiger partial charge in [0.05, 0.1) is 5.02 Å². The Bertz CT molecular complexity index is 393. The number of benzene rings is 1. The van der Waals surface area contributed by atoms with E-state index in [9.17, 15) is 5.11 Å². The summed E-state index contributed by atoms with van der Waals surface area (Å²) in [5.41, 5.74) is 2.32. The van der Waals surface area contributed by atoms with Gasteiger partial charge in [0.1, 0.15) is 5.75 Å². The molecule has 1 aromatic carbocycles. The van der Waals surface area contributed by atoms with Gasteiger partial charge in [0.25, 0.3) is 0 Å². The lowest BCUT2D eigenvalue weighted by Gasteiger charge is -2.15. The molecule has 1 atom stereocenters. The zero-order valence-corrected chi connectivity index (χ0v) is 11.2. The molecular formula is C15H19ClO. The van der Waals surface area contributed by atoms with Gasteiger partial charge in [-0.3, -0.25) is 0 Å². The monoisotopic (exact) mass is 250 g/mol. The van der Waals surface area contributed by atoms with Crippen LogP contribution in [-0.2, 0) is 0 Å². The zero-order chi connectivity index (χ0) is 13.4. The quantitative estimate of drug-likeness (QED) is 0.604. The maximum absolute atomic E-state index is 9.31. The summed E-state index contributed by atoms with van der Waals surface area (Å²) in [5, 5.41) is 9.72. The van der Waals surface area contributed by atoms with E-state index >= 15 is 0 Å². The fourth-order valence-electron chi connectivity index (χ4n) is 1.57. The molecule has 1 unspecified atom stereocenters. The molecule has 0 saturated heterocycles. The second-order valence-electron chi connectivity index (χ2n) is 3.84. The molecule has 0 fully saturated rings. The third-order valence-corrected chi connectivity index (χ3v) is 2.96. The Morgan fingerprint density at radius 1 is 1.47 bits per heavy atom. The number of hydrogen-bond donors (Lipinski definition) is 1. The topological polar surface area (TPSA) is 20.2 Å². The van der Waals surface area contributed by atoms with E-state index in [0.29, 0.717) is 10.9 Å². The summed E-state index contributed by atoms with van der Waals surface area (Å²) in [5.74, 6) is 0.428. The smallest absolute Gasteiger partial charge is 0.134 e. The lowest BCUT2D eigenvalue weighted by Crippen LogP contribution is -1.96. The van der Waals surface area contributed by atoms with Crippen molar-refractivity contribution in [2.75, 3.05) is 0 Å². The SMILES string of the molecule is C#C.C=C(CCC)C(C)c1ccc(O)c(Cl)c1. The van der Waals surface area contributed by atoms with E-state index in [-0.39, 0.29) is 5.75 Å². The first kappa shape index (κ1) is 15.6. The molecule has 0 spiro atoms. The summed E-state index contributed by atoms with van der Waals surface area (Å²) in [7, 11) is 0. The van der Waals surface area contributed by atoms with Crippen molar-refractivity contribution in [3.63, 3.8) is 0 Å². The van der Waals surface area contributed by atoms with Crippen molar-refractivity contribution in [3.8, 4) is 18.6 Å². The highest BCUT2D eigenvalue weighted by Gasteiger charge is 2.10. The van der Waals surface area contributed by atoms with Crippen molar-refractivity contribution in [2.45, 2.75) is 32.6 Å². The normalized spacial score (nSPS) is 11.1. The first-order valence-electron chi connectivity index (χ1n) is 5.55. The van der Waals surface area contributed by atoms with Crippen LogP contribution in [0.1, 0.15) is 38.2 Å². The van der Waals surface area contributed by atoms with Crippen LogP contribution in [0.2, 0.25) is 5.02 Å². The first-order valence-corrected chi connectivity index (χ1v) is 5.93. The van der Waals surface area contributed by atoms with E-state index in [2.05, 4.69) is 33.3 Å². The lowest BCUT2D eigenvalue weighted by molar-refractivity contribution is 0.475. The number of aromatic hydroxyl groups is 1. The largest absolute Gasteiger partial charge is 0.506 e. The van der Waals surface area contributed by atoms with Crippen LogP contribution in [0.3, 0.4) is 0 Å². The fourth-order valence-corrected chi connectivity index (χ4v) is 1.75. The molecule has 1 rings (SSSR count). The molecule has 2 heteroatoms. The lowest BCUT2D eigenvalue weighted by atomic mass is 9.91. The number of phenolic OH excluding ortho intramolecular Hbond substituents is 1. The van der Waals surface area contributed by atoms with Crippen molar-refractivity contribution >= 4 is 11.6 Å². The molecule has 1 N–H and O–H groups in total. The van der Waals surface area contributed by atoms with Gasteiger partial charge in [-0.15, -0.1) is 12.8 Å². The third-order valence-electron chi connectivity index (χ3n) is 2.66. The maximum atomic E-state index is 9.31. The molecule has 0 radical (unpaired) electrons. The van der Waals surface area contributed by atoms with Crippen LogP contribution < -0.4 is 0 Å². The number of allylic oxidation sites excluding steroid dienone is 1. The second kappa shape index (κ2) is 7.81. The van der Waals surface area contributed by atoms with Gasteiger partial charge in [-0.1, -0.05) is 50.1 Å². The van der Waals surface area contributed by atoms with Crippen LogP contribution in [-0.4, -0.2) is 5.11 Å². The number of hydrogen-bond acceptors (Lipinski definition) is 1. The van der Waals surface area contributed by atoms with Crippen molar-refractivity contribution in [1.29, 1.82) is 0 Å². The molecule has 1 aromatic rings. The molecule has 1 nitrogen and oxygen atoms in total. The zero-order valence-electron chi connectivity index (χ0n) is 10.4. The number of halogens is 1. The highest BCUT2D eigenvalue weighted by Crippen LogP contribution is 2.31. The number of terminal acetylenes is 1. The second-order valence-corrected chi connectivity index (χ2v) is 4.25. The van der Waals surface area contributed by atoms with Crippen LogP contribution in [0, 0.1) is 12.8 Å². The highest BCUT2D eigenvalue weighted by atomic mass is 35.5. The van der Waals surface area contributed by atoms with Crippen molar-refractivity contribution in [2.24, 2.45) is 0 Å². The van der Waals surface area contributed by atoms with E-state index in [1.807, 2.05) is 12.1 Å².